The maximum atomic E-state index is 6.17. The molecule has 0 aliphatic carbocycles. The van der Waals surface area contributed by atoms with E-state index in [0.29, 0.717) is 21.5 Å². The number of hydrogen-bond acceptors (Lipinski definition) is 2. The van der Waals surface area contributed by atoms with Crippen LogP contribution in [-0.2, 0) is 0 Å². The molecule has 0 amide bonds. The Morgan fingerprint density at radius 2 is 1.56 bits per heavy atom. The first-order valence-corrected chi connectivity index (χ1v) is 6.08. The molecular weight excluding hydrogens is 271 g/mol. The van der Waals surface area contributed by atoms with Crippen LogP contribution in [0.2, 0.25) is 10.0 Å². The van der Waals surface area contributed by atoms with E-state index in [-0.39, 0.29) is 0 Å². The highest BCUT2D eigenvalue weighted by atomic mass is 35.5. The van der Waals surface area contributed by atoms with Crippen molar-refractivity contribution in [3.8, 4) is 22.6 Å². The summed E-state index contributed by atoms with van der Waals surface area (Å²) < 4.78 is 10.5. The van der Waals surface area contributed by atoms with Crippen molar-refractivity contribution in [1.29, 1.82) is 0 Å². The third-order valence-corrected chi connectivity index (χ3v) is 3.19. The summed E-state index contributed by atoms with van der Waals surface area (Å²) in [4.78, 5) is 0. The first-order valence-electron chi connectivity index (χ1n) is 5.33. The topological polar surface area (TPSA) is 18.5 Å². The molecule has 94 valence electrons. The SMILES string of the molecule is COc1ccc(-c2cc(Cl)ccc2Cl)cc1OC. The zero-order valence-electron chi connectivity index (χ0n) is 10.0. The standard InChI is InChI=1S/C14H12Cl2O2/c1-17-13-6-3-9(7-14(13)18-2)11-8-10(15)4-5-12(11)16/h3-8H,1-2H3. The van der Waals surface area contributed by atoms with Gasteiger partial charge in [0.2, 0.25) is 0 Å². The lowest BCUT2D eigenvalue weighted by Gasteiger charge is -2.11. The van der Waals surface area contributed by atoms with Gasteiger partial charge < -0.3 is 9.47 Å². The lowest BCUT2D eigenvalue weighted by atomic mass is 10.1. The summed E-state index contributed by atoms with van der Waals surface area (Å²) in [5.74, 6) is 1.34. The molecular formula is C14H12Cl2O2. The first kappa shape index (κ1) is 13.1. The fourth-order valence-electron chi connectivity index (χ4n) is 1.72. The van der Waals surface area contributed by atoms with Crippen molar-refractivity contribution in [2.24, 2.45) is 0 Å². The summed E-state index contributed by atoms with van der Waals surface area (Å²) in [6, 6.07) is 11.0. The Balaban J connectivity index is 2.54. The van der Waals surface area contributed by atoms with E-state index in [1.54, 1.807) is 26.4 Å². The van der Waals surface area contributed by atoms with Crippen LogP contribution < -0.4 is 9.47 Å². The van der Waals surface area contributed by atoms with Gasteiger partial charge in [0.25, 0.3) is 0 Å². The van der Waals surface area contributed by atoms with Crippen LogP contribution in [0.15, 0.2) is 36.4 Å². The van der Waals surface area contributed by atoms with Crippen LogP contribution in [0, 0.1) is 0 Å². The fraction of sp³-hybridized carbons (Fsp3) is 0.143. The van der Waals surface area contributed by atoms with E-state index in [1.165, 1.54) is 0 Å². The van der Waals surface area contributed by atoms with Gasteiger partial charge >= 0.3 is 0 Å². The molecule has 2 nitrogen and oxygen atoms in total. The molecule has 2 rings (SSSR count). The summed E-state index contributed by atoms with van der Waals surface area (Å²) >= 11 is 12.2. The summed E-state index contributed by atoms with van der Waals surface area (Å²) in [6.07, 6.45) is 0. The molecule has 0 aromatic heterocycles. The molecule has 0 saturated heterocycles. The van der Waals surface area contributed by atoms with Crippen LogP contribution >= 0.6 is 23.2 Å². The molecule has 2 aromatic rings. The number of ether oxygens (including phenoxy) is 2. The van der Waals surface area contributed by atoms with Crippen molar-refractivity contribution in [2.45, 2.75) is 0 Å². The predicted molar refractivity (Wildman–Crippen MR) is 75.0 cm³/mol. The van der Waals surface area contributed by atoms with Gasteiger partial charge in [-0.3, -0.25) is 0 Å². The second-order valence-corrected chi connectivity index (χ2v) is 4.54. The third-order valence-electron chi connectivity index (χ3n) is 2.62. The minimum absolute atomic E-state index is 0.643. The van der Waals surface area contributed by atoms with Gasteiger partial charge in [0.1, 0.15) is 0 Å². The van der Waals surface area contributed by atoms with E-state index in [2.05, 4.69) is 0 Å². The average molecular weight is 283 g/mol. The number of methoxy groups -OCH3 is 2. The fourth-order valence-corrected chi connectivity index (χ4v) is 2.12. The number of hydrogen-bond donors (Lipinski definition) is 0. The maximum absolute atomic E-state index is 6.17. The molecule has 0 aliphatic rings. The predicted octanol–water partition coefficient (Wildman–Crippen LogP) is 4.68. The van der Waals surface area contributed by atoms with Gasteiger partial charge in [-0.2, -0.15) is 0 Å². The van der Waals surface area contributed by atoms with Crippen LogP contribution in [0.4, 0.5) is 0 Å². The Bertz CT molecular complexity index is 568. The zero-order valence-corrected chi connectivity index (χ0v) is 11.5. The molecule has 0 bridgehead atoms. The normalized spacial score (nSPS) is 10.2. The van der Waals surface area contributed by atoms with E-state index in [4.69, 9.17) is 32.7 Å². The van der Waals surface area contributed by atoms with E-state index < -0.39 is 0 Å². The van der Waals surface area contributed by atoms with E-state index in [0.717, 1.165) is 11.1 Å². The van der Waals surface area contributed by atoms with Crippen molar-refractivity contribution >= 4 is 23.2 Å². The Hall–Kier alpha value is -1.38. The van der Waals surface area contributed by atoms with Crippen LogP contribution in [-0.4, -0.2) is 14.2 Å². The lowest BCUT2D eigenvalue weighted by Crippen LogP contribution is -1.91. The molecule has 4 heteroatoms. The minimum Gasteiger partial charge on any atom is -0.493 e. The lowest BCUT2D eigenvalue weighted by molar-refractivity contribution is 0.355. The summed E-state index contributed by atoms with van der Waals surface area (Å²) in [6.45, 7) is 0. The minimum atomic E-state index is 0.643. The summed E-state index contributed by atoms with van der Waals surface area (Å²) in [5, 5.41) is 1.29. The highest BCUT2D eigenvalue weighted by Crippen LogP contribution is 2.36. The summed E-state index contributed by atoms with van der Waals surface area (Å²) in [5.41, 5.74) is 1.80. The molecule has 0 radical (unpaired) electrons. The second kappa shape index (κ2) is 5.51. The molecule has 2 aromatic carbocycles. The molecule has 0 spiro atoms. The third kappa shape index (κ3) is 2.55. The monoisotopic (exact) mass is 282 g/mol. The Labute approximate surface area is 116 Å². The Morgan fingerprint density at radius 1 is 0.833 bits per heavy atom. The van der Waals surface area contributed by atoms with Crippen LogP contribution in [0.5, 0.6) is 11.5 Å². The highest BCUT2D eigenvalue weighted by molar-refractivity contribution is 6.35. The first-order chi connectivity index (χ1) is 8.65. The van der Waals surface area contributed by atoms with Crippen LogP contribution in [0.1, 0.15) is 0 Å². The Kier molecular flexibility index (Phi) is 4.00. The molecule has 0 heterocycles. The number of benzene rings is 2. The van der Waals surface area contributed by atoms with Crippen molar-refractivity contribution in [3.63, 3.8) is 0 Å². The van der Waals surface area contributed by atoms with Gasteiger partial charge in [-0.15, -0.1) is 0 Å². The van der Waals surface area contributed by atoms with Crippen molar-refractivity contribution in [1.82, 2.24) is 0 Å². The van der Waals surface area contributed by atoms with Gasteiger partial charge in [-0.1, -0.05) is 29.3 Å². The van der Waals surface area contributed by atoms with Gasteiger partial charge in [-0.05, 0) is 35.9 Å². The van der Waals surface area contributed by atoms with Crippen molar-refractivity contribution in [3.05, 3.63) is 46.4 Å². The van der Waals surface area contributed by atoms with E-state index in [9.17, 15) is 0 Å². The molecule has 0 aliphatic heterocycles. The number of halogens is 2. The van der Waals surface area contributed by atoms with Gasteiger partial charge in [0, 0.05) is 15.6 Å². The van der Waals surface area contributed by atoms with Gasteiger partial charge in [0.05, 0.1) is 14.2 Å². The molecule has 0 unspecified atom stereocenters. The second-order valence-electron chi connectivity index (χ2n) is 3.69. The largest absolute Gasteiger partial charge is 0.493 e. The van der Waals surface area contributed by atoms with Crippen molar-refractivity contribution in [2.75, 3.05) is 14.2 Å². The maximum Gasteiger partial charge on any atom is 0.161 e. The van der Waals surface area contributed by atoms with Gasteiger partial charge in [-0.25, -0.2) is 0 Å². The van der Waals surface area contributed by atoms with E-state index in [1.807, 2.05) is 24.3 Å². The number of rotatable bonds is 3. The smallest absolute Gasteiger partial charge is 0.161 e. The molecule has 0 fully saturated rings. The van der Waals surface area contributed by atoms with E-state index >= 15 is 0 Å². The van der Waals surface area contributed by atoms with Crippen LogP contribution in [0.3, 0.4) is 0 Å². The van der Waals surface area contributed by atoms with Crippen molar-refractivity contribution < 1.29 is 9.47 Å². The Morgan fingerprint density at radius 3 is 2.22 bits per heavy atom. The van der Waals surface area contributed by atoms with Gasteiger partial charge in [0.15, 0.2) is 11.5 Å². The average Bonchev–Trinajstić information content (AvgIpc) is 2.40. The summed E-state index contributed by atoms with van der Waals surface area (Å²) in [7, 11) is 3.20. The van der Waals surface area contributed by atoms with Crippen LogP contribution in [0.25, 0.3) is 11.1 Å². The molecule has 18 heavy (non-hydrogen) atoms. The molecule has 0 saturated carbocycles. The zero-order chi connectivity index (χ0) is 13.1. The quantitative estimate of drug-likeness (QED) is 0.814. The molecule has 0 N–H and O–H groups in total. The highest BCUT2D eigenvalue weighted by Gasteiger charge is 2.09. The molecule has 0 atom stereocenters.